The number of nitrogens with zero attached hydrogens (tertiary/aromatic N) is 6. The lowest BCUT2D eigenvalue weighted by molar-refractivity contribution is 0.0945. The monoisotopic (exact) mass is 484 g/mol. The summed E-state index contributed by atoms with van der Waals surface area (Å²) in [7, 11) is 4.89. The van der Waals surface area contributed by atoms with Crippen molar-refractivity contribution in [3.8, 4) is 29.1 Å². The van der Waals surface area contributed by atoms with Crippen molar-refractivity contribution in [1.29, 1.82) is 5.26 Å². The highest BCUT2D eigenvalue weighted by molar-refractivity contribution is 5.95. The molecule has 1 atom stereocenters. The molecular weight excluding hydrogens is 460 g/mol. The van der Waals surface area contributed by atoms with Crippen LogP contribution in [-0.4, -0.2) is 44.9 Å². The van der Waals surface area contributed by atoms with Gasteiger partial charge in [0.2, 0.25) is 0 Å². The second-order valence-corrected chi connectivity index (χ2v) is 7.67. The number of hydrogen-bond acceptors (Lipinski definition) is 9. The Kier molecular flexibility index (Phi) is 7.36. The van der Waals surface area contributed by atoms with E-state index in [1.807, 2.05) is 17.7 Å². The van der Waals surface area contributed by atoms with Crippen LogP contribution in [-0.2, 0) is 13.6 Å². The van der Waals surface area contributed by atoms with Crippen LogP contribution in [0.1, 0.15) is 27.8 Å². The van der Waals surface area contributed by atoms with Crippen LogP contribution in [0.3, 0.4) is 0 Å². The van der Waals surface area contributed by atoms with Gasteiger partial charge < -0.3 is 24.7 Å². The Bertz CT molecular complexity index is 1400. The third-order valence-electron chi connectivity index (χ3n) is 5.51. The van der Waals surface area contributed by atoms with Crippen LogP contribution in [0, 0.1) is 11.3 Å². The molecule has 0 radical (unpaired) electrons. The predicted molar refractivity (Wildman–Crippen MR) is 131 cm³/mol. The van der Waals surface area contributed by atoms with E-state index < -0.39 is 11.9 Å². The van der Waals surface area contributed by atoms with E-state index in [2.05, 4.69) is 36.9 Å². The second kappa shape index (κ2) is 11.0. The van der Waals surface area contributed by atoms with E-state index >= 15 is 0 Å². The Balaban J connectivity index is 1.45. The summed E-state index contributed by atoms with van der Waals surface area (Å²) in [5.74, 6) is 1.95. The first-order valence-corrected chi connectivity index (χ1v) is 10.9. The second-order valence-electron chi connectivity index (χ2n) is 7.67. The largest absolute Gasteiger partial charge is 0.497 e. The number of hydrogen-bond donors (Lipinski definition) is 2. The number of nitriles is 1. The number of methoxy groups -OCH3 is 2. The molecule has 0 aliphatic rings. The minimum atomic E-state index is -0.908. The maximum atomic E-state index is 13.0. The molecule has 4 rings (SSSR count). The molecule has 1 amide bonds. The van der Waals surface area contributed by atoms with Crippen molar-refractivity contribution in [1.82, 2.24) is 30.0 Å². The van der Waals surface area contributed by atoms with E-state index in [1.54, 1.807) is 55.8 Å². The fourth-order valence-corrected chi connectivity index (χ4v) is 3.56. The Hall–Kier alpha value is -4.98. The van der Waals surface area contributed by atoms with Crippen molar-refractivity contribution in [3.05, 3.63) is 78.0 Å². The van der Waals surface area contributed by atoms with Gasteiger partial charge in [-0.3, -0.25) is 4.79 Å². The molecule has 0 spiro atoms. The van der Waals surface area contributed by atoms with Crippen molar-refractivity contribution in [2.45, 2.75) is 12.6 Å². The first-order chi connectivity index (χ1) is 17.5. The number of carbonyl (C=O) groups excluding carboxylic acids is 1. The number of ether oxygens (including phenoxy) is 2. The summed E-state index contributed by atoms with van der Waals surface area (Å²) in [6.07, 6.45) is 3.10. The summed E-state index contributed by atoms with van der Waals surface area (Å²) in [4.78, 5) is 21.1. The average molecular weight is 485 g/mol. The van der Waals surface area contributed by atoms with Gasteiger partial charge in [0.15, 0.2) is 11.6 Å². The SMILES string of the molecule is COc1ccc([C@H](C#N)NC(=O)c2cccc(NCc3nnc(-c4ccncn4)n3C)c2)c(OC)c1. The Morgan fingerprint density at radius 3 is 2.72 bits per heavy atom. The zero-order chi connectivity index (χ0) is 25.5. The number of rotatable bonds is 9. The highest BCUT2D eigenvalue weighted by Gasteiger charge is 2.20. The van der Waals surface area contributed by atoms with Crippen LogP contribution in [0.4, 0.5) is 5.69 Å². The first kappa shape index (κ1) is 24.2. The van der Waals surface area contributed by atoms with Crippen LogP contribution >= 0.6 is 0 Å². The van der Waals surface area contributed by atoms with Crippen LogP contribution in [0.15, 0.2) is 61.1 Å². The molecule has 11 heteroatoms. The molecule has 2 aromatic heterocycles. The minimum absolute atomic E-state index is 0.378. The number of benzene rings is 2. The molecule has 0 aliphatic carbocycles. The molecule has 4 aromatic rings. The van der Waals surface area contributed by atoms with Gasteiger partial charge in [-0.15, -0.1) is 10.2 Å². The number of anilines is 1. The zero-order valence-electron chi connectivity index (χ0n) is 20.0. The van der Waals surface area contributed by atoms with Gasteiger partial charge >= 0.3 is 0 Å². The molecule has 2 N–H and O–H groups in total. The van der Waals surface area contributed by atoms with E-state index in [-0.39, 0.29) is 0 Å². The molecule has 0 bridgehead atoms. The van der Waals surface area contributed by atoms with Crippen molar-refractivity contribution >= 4 is 11.6 Å². The molecule has 0 unspecified atom stereocenters. The van der Waals surface area contributed by atoms with E-state index in [0.29, 0.717) is 52.2 Å². The number of amides is 1. The Labute approximate surface area is 207 Å². The van der Waals surface area contributed by atoms with Crippen molar-refractivity contribution < 1.29 is 14.3 Å². The Morgan fingerprint density at radius 2 is 2.00 bits per heavy atom. The maximum absolute atomic E-state index is 13.0. The summed E-state index contributed by atoms with van der Waals surface area (Å²) < 4.78 is 12.4. The van der Waals surface area contributed by atoms with Gasteiger partial charge in [-0.25, -0.2) is 9.97 Å². The Morgan fingerprint density at radius 1 is 1.14 bits per heavy atom. The summed E-state index contributed by atoms with van der Waals surface area (Å²) in [5, 5.41) is 24.2. The van der Waals surface area contributed by atoms with Gasteiger partial charge in [-0.1, -0.05) is 6.07 Å². The van der Waals surface area contributed by atoms with Gasteiger partial charge in [-0.05, 0) is 36.4 Å². The third kappa shape index (κ3) is 5.23. The van der Waals surface area contributed by atoms with Gasteiger partial charge in [0.05, 0.1) is 26.8 Å². The number of carbonyl (C=O) groups is 1. The van der Waals surface area contributed by atoms with E-state index in [0.717, 1.165) is 0 Å². The molecule has 2 heterocycles. The number of aromatic nitrogens is 5. The van der Waals surface area contributed by atoms with Gasteiger partial charge in [0, 0.05) is 36.1 Å². The summed E-state index contributed by atoms with van der Waals surface area (Å²) in [6.45, 7) is 0.378. The van der Waals surface area contributed by atoms with Crippen LogP contribution in [0.5, 0.6) is 11.5 Å². The van der Waals surface area contributed by atoms with Crippen LogP contribution < -0.4 is 20.1 Å². The highest BCUT2D eigenvalue weighted by Crippen LogP contribution is 2.29. The highest BCUT2D eigenvalue weighted by atomic mass is 16.5. The van der Waals surface area contributed by atoms with Crippen molar-refractivity contribution in [2.24, 2.45) is 7.05 Å². The maximum Gasteiger partial charge on any atom is 0.252 e. The molecule has 36 heavy (non-hydrogen) atoms. The fourth-order valence-electron chi connectivity index (χ4n) is 3.56. The molecule has 11 nitrogen and oxygen atoms in total. The molecular formula is C25H24N8O3. The van der Waals surface area contributed by atoms with E-state index in [4.69, 9.17) is 9.47 Å². The van der Waals surface area contributed by atoms with E-state index in [9.17, 15) is 10.1 Å². The molecule has 0 saturated carbocycles. The van der Waals surface area contributed by atoms with E-state index in [1.165, 1.54) is 13.4 Å². The third-order valence-corrected chi connectivity index (χ3v) is 5.51. The van der Waals surface area contributed by atoms with Crippen molar-refractivity contribution in [2.75, 3.05) is 19.5 Å². The summed E-state index contributed by atoms with van der Waals surface area (Å²) in [6, 6.07) is 15.0. The van der Waals surface area contributed by atoms with Crippen LogP contribution in [0.2, 0.25) is 0 Å². The zero-order valence-corrected chi connectivity index (χ0v) is 20.0. The lowest BCUT2D eigenvalue weighted by atomic mass is 10.1. The lowest BCUT2D eigenvalue weighted by Gasteiger charge is -2.16. The van der Waals surface area contributed by atoms with Gasteiger partial charge in [0.25, 0.3) is 5.91 Å². The average Bonchev–Trinajstić information content (AvgIpc) is 3.30. The summed E-state index contributed by atoms with van der Waals surface area (Å²) in [5.41, 5.74) is 2.31. The van der Waals surface area contributed by atoms with Gasteiger partial charge in [0.1, 0.15) is 29.6 Å². The molecule has 0 fully saturated rings. The normalized spacial score (nSPS) is 11.3. The lowest BCUT2D eigenvalue weighted by Crippen LogP contribution is -2.28. The van der Waals surface area contributed by atoms with Crippen molar-refractivity contribution in [3.63, 3.8) is 0 Å². The van der Waals surface area contributed by atoms with Gasteiger partial charge in [-0.2, -0.15) is 5.26 Å². The quantitative estimate of drug-likeness (QED) is 0.367. The molecule has 2 aromatic carbocycles. The molecule has 0 saturated heterocycles. The van der Waals surface area contributed by atoms with Crippen LogP contribution in [0.25, 0.3) is 11.5 Å². The fraction of sp³-hybridized carbons (Fsp3) is 0.200. The summed E-state index contributed by atoms with van der Waals surface area (Å²) >= 11 is 0. The first-order valence-electron chi connectivity index (χ1n) is 10.9. The molecule has 0 aliphatic heterocycles. The molecule has 182 valence electrons. The minimum Gasteiger partial charge on any atom is -0.497 e. The topological polar surface area (TPSA) is 140 Å². The standard InChI is InChI=1S/C25H24N8O3/c1-33-23(31-32-24(33)20-9-10-27-15-29-20)14-28-17-6-4-5-16(11-17)25(34)30-21(13-26)19-8-7-18(35-2)12-22(19)36-3/h4-12,15,21,28H,14H2,1-3H3,(H,30,34)/t21-/m0/s1. The smallest absolute Gasteiger partial charge is 0.252 e. The predicted octanol–water partition coefficient (Wildman–Crippen LogP) is 2.90. The number of nitrogens with one attached hydrogen (secondary N) is 2.